The van der Waals surface area contributed by atoms with Crippen molar-refractivity contribution in [1.29, 1.82) is 0 Å². The van der Waals surface area contributed by atoms with E-state index in [1.807, 2.05) is 0 Å². The van der Waals surface area contributed by atoms with E-state index in [-0.39, 0.29) is 4.90 Å². The SMILES string of the molecule is CCCCC(CCC)Nc1ccc(S(N)(=O)=O)cc1. The zero-order valence-electron chi connectivity index (χ0n) is 11.7. The Morgan fingerprint density at radius 3 is 2.21 bits per heavy atom. The van der Waals surface area contributed by atoms with Gasteiger partial charge in [0, 0.05) is 11.7 Å². The Morgan fingerprint density at radius 2 is 1.74 bits per heavy atom. The first kappa shape index (κ1) is 16.0. The van der Waals surface area contributed by atoms with E-state index >= 15 is 0 Å². The topological polar surface area (TPSA) is 72.2 Å². The van der Waals surface area contributed by atoms with Gasteiger partial charge in [-0.25, -0.2) is 13.6 Å². The van der Waals surface area contributed by atoms with Gasteiger partial charge < -0.3 is 5.32 Å². The fourth-order valence-electron chi connectivity index (χ4n) is 2.06. The first-order valence-electron chi connectivity index (χ1n) is 6.86. The Morgan fingerprint density at radius 1 is 1.11 bits per heavy atom. The molecule has 4 nitrogen and oxygen atoms in total. The van der Waals surface area contributed by atoms with Crippen molar-refractivity contribution in [2.75, 3.05) is 5.32 Å². The van der Waals surface area contributed by atoms with Crippen LogP contribution in [0.2, 0.25) is 0 Å². The van der Waals surface area contributed by atoms with Crippen LogP contribution in [0.25, 0.3) is 0 Å². The molecule has 0 aromatic heterocycles. The summed E-state index contributed by atoms with van der Waals surface area (Å²) in [4.78, 5) is 0.152. The van der Waals surface area contributed by atoms with Crippen LogP contribution in [0, 0.1) is 0 Å². The Balaban J connectivity index is 2.69. The van der Waals surface area contributed by atoms with Crippen molar-refractivity contribution in [1.82, 2.24) is 0 Å². The minimum atomic E-state index is -3.60. The van der Waals surface area contributed by atoms with Crippen LogP contribution in [0.4, 0.5) is 5.69 Å². The van der Waals surface area contributed by atoms with Crippen molar-refractivity contribution in [3.8, 4) is 0 Å². The standard InChI is InChI=1S/C14H24N2O2S/c1-3-5-7-12(6-4-2)16-13-8-10-14(11-9-13)19(15,17)18/h8-12,16H,3-7H2,1-2H3,(H2,15,17,18). The van der Waals surface area contributed by atoms with E-state index in [0.717, 1.165) is 24.9 Å². The summed E-state index contributed by atoms with van der Waals surface area (Å²) in [6.07, 6.45) is 5.79. The van der Waals surface area contributed by atoms with Gasteiger partial charge in [-0.2, -0.15) is 0 Å². The van der Waals surface area contributed by atoms with Crippen LogP contribution in [-0.4, -0.2) is 14.5 Å². The number of nitrogens with one attached hydrogen (secondary N) is 1. The summed E-state index contributed by atoms with van der Waals surface area (Å²) in [6.45, 7) is 4.36. The van der Waals surface area contributed by atoms with Gasteiger partial charge in [0.05, 0.1) is 4.90 Å². The van der Waals surface area contributed by atoms with Gasteiger partial charge >= 0.3 is 0 Å². The summed E-state index contributed by atoms with van der Waals surface area (Å²) < 4.78 is 22.3. The number of nitrogens with two attached hydrogens (primary N) is 1. The van der Waals surface area contributed by atoms with Gasteiger partial charge in [0.25, 0.3) is 0 Å². The molecular formula is C14H24N2O2S. The summed E-state index contributed by atoms with van der Waals surface area (Å²) in [5, 5.41) is 8.53. The fraction of sp³-hybridized carbons (Fsp3) is 0.571. The molecule has 3 N–H and O–H groups in total. The van der Waals surface area contributed by atoms with Crippen LogP contribution in [0.3, 0.4) is 0 Å². The van der Waals surface area contributed by atoms with Crippen molar-refractivity contribution < 1.29 is 8.42 Å². The molecule has 0 amide bonds. The van der Waals surface area contributed by atoms with Gasteiger partial charge in [0.15, 0.2) is 0 Å². The number of primary sulfonamides is 1. The number of unbranched alkanes of at least 4 members (excludes halogenated alkanes) is 1. The first-order chi connectivity index (χ1) is 8.97. The molecule has 0 aliphatic rings. The molecule has 0 aliphatic carbocycles. The summed E-state index contributed by atoms with van der Waals surface area (Å²) in [7, 11) is -3.60. The number of rotatable bonds is 8. The minimum Gasteiger partial charge on any atom is -0.382 e. The van der Waals surface area contributed by atoms with Gasteiger partial charge in [-0.05, 0) is 37.1 Å². The lowest BCUT2D eigenvalue weighted by atomic mass is 10.0. The molecule has 0 fully saturated rings. The number of benzene rings is 1. The highest BCUT2D eigenvalue weighted by Gasteiger charge is 2.09. The predicted octanol–water partition coefficient (Wildman–Crippen LogP) is 3.10. The largest absolute Gasteiger partial charge is 0.382 e. The van der Waals surface area contributed by atoms with Gasteiger partial charge in [-0.3, -0.25) is 0 Å². The molecule has 19 heavy (non-hydrogen) atoms. The quantitative estimate of drug-likeness (QED) is 0.770. The molecule has 1 aromatic rings. The van der Waals surface area contributed by atoms with Gasteiger partial charge in [-0.1, -0.05) is 33.1 Å². The average molecular weight is 284 g/mol. The zero-order valence-corrected chi connectivity index (χ0v) is 12.5. The monoisotopic (exact) mass is 284 g/mol. The second-order valence-electron chi connectivity index (χ2n) is 4.84. The van der Waals surface area contributed by atoms with E-state index in [0.29, 0.717) is 6.04 Å². The zero-order chi connectivity index (χ0) is 14.3. The van der Waals surface area contributed by atoms with E-state index < -0.39 is 10.0 Å². The molecule has 0 radical (unpaired) electrons. The third-order valence-corrected chi connectivity index (χ3v) is 4.03. The molecule has 0 saturated heterocycles. The fourth-order valence-corrected chi connectivity index (χ4v) is 2.58. The molecule has 0 heterocycles. The van der Waals surface area contributed by atoms with Crippen molar-refractivity contribution >= 4 is 15.7 Å². The third kappa shape index (κ3) is 5.61. The lowest BCUT2D eigenvalue weighted by Gasteiger charge is -2.19. The Hall–Kier alpha value is -1.07. The van der Waals surface area contributed by atoms with Crippen LogP contribution in [0.15, 0.2) is 29.2 Å². The maximum Gasteiger partial charge on any atom is 0.238 e. The molecule has 1 rings (SSSR count). The molecule has 108 valence electrons. The Bertz CT molecular complexity index is 469. The van der Waals surface area contributed by atoms with E-state index in [2.05, 4.69) is 19.2 Å². The van der Waals surface area contributed by atoms with Gasteiger partial charge in [-0.15, -0.1) is 0 Å². The molecule has 0 bridgehead atoms. The molecule has 1 unspecified atom stereocenters. The number of hydrogen-bond acceptors (Lipinski definition) is 3. The van der Waals surface area contributed by atoms with E-state index in [1.165, 1.54) is 12.8 Å². The predicted molar refractivity (Wildman–Crippen MR) is 79.7 cm³/mol. The smallest absolute Gasteiger partial charge is 0.238 e. The highest BCUT2D eigenvalue weighted by Crippen LogP contribution is 2.17. The molecule has 1 aromatic carbocycles. The van der Waals surface area contributed by atoms with Crippen molar-refractivity contribution in [2.24, 2.45) is 5.14 Å². The maximum absolute atomic E-state index is 11.2. The minimum absolute atomic E-state index is 0.152. The van der Waals surface area contributed by atoms with Crippen LogP contribution < -0.4 is 10.5 Å². The van der Waals surface area contributed by atoms with Gasteiger partial charge in [0.2, 0.25) is 10.0 Å². The van der Waals surface area contributed by atoms with Crippen molar-refractivity contribution in [3.05, 3.63) is 24.3 Å². The lowest BCUT2D eigenvalue weighted by Crippen LogP contribution is -2.19. The number of hydrogen-bond donors (Lipinski definition) is 2. The van der Waals surface area contributed by atoms with Crippen LogP contribution in [0.1, 0.15) is 46.0 Å². The van der Waals surface area contributed by atoms with Crippen LogP contribution in [-0.2, 0) is 10.0 Å². The van der Waals surface area contributed by atoms with E-state index in [4.69, 9.17) is 5.14 Å². The molecule has 0 saturated carbocycles. The first-order valence-corrected chi connectivity index (χ1v) is 8.41. The Kier molecular flexibility index (Phi) is 6.31. The van der Waals surface area contributed by atoms with Crippen LogP contribution in [0.5, 0.6) is 0 Å². The summed E-state index contributed by atoms with van der Waals surface area (Å²) in [6, 6.07) is 7.08. The average Bonchev–Trinajstić information content (AvgIpc) is 2.36. The Labute approximate surface area is 116 Å². The lowest BCUT2D eigenvalue weighted by molar-refractivity contribution is 0.564. The van der Waals surface area contributed by atoms with Crippen molar-refractivity contribution in [2.45, 2.75) is 56.9 Å². The normalized spacial score (nSPS) is 13.2. The molecule has 0 aliphatic heterocycles. The third-order valence-electron chi connectivity index (χ3n) is 3.10. The highest BCUT2D eigenvalue weighted by molar-refractivity contribution is 7.89. The van der Waals surface area contributed by atoms with Crippen molar-refractivity contribution in [3.63, 3.8) is 0 Å². The summed E-state index contributed by atoms with van der Waals surface area (Å²) in [5.41, 5.74) is 0.946. The number of anilines is 1. The molecule has 0 spiro atoms. The molecular weight excluding hydrogens is 260 g/mol. The van der Waals surface area contributed by atoms with E-state index in [1.54, 1.807) is 24.3 Å². The summed E-state index contributed by atoms with van der Waals surface area (Å²) in [5.74, 6) is 0. The van der Waals surface area contributed by atoms with E-state index in [9.17, 15) is 8.42 Å². The second kappa shape index (κ2) is 7.50. The second-order valence-corrected chi connectivity index (χ2v) is 6.40. The summed E-state index contributed by atoms with van der Waals surface area (Å²) >= 11 is 0. The molecule has 5 heteroatoms. The maximum atomic E-state index is 11.2. The van der Waals surface area contributed by atoms with Crippen LogP contribution >= 0.6 is 0 Å². The molecule has 1 atom stereocenters. The van der Waals surface area contributed by atoms with Gasteiger partial charge in [0.1, 0.15) is 0 Å². The highest BCUT2D eigenvalue weighted by atomic mass is 32.2. The number of sulfonamides is 1.